The summed E-state index contributed by atoms with van der Waals surface area (Å²) in [6, 6.07) is 10.2. The van der Waals surface area contributed by atoms with Gasteiger partial charge in [-0.3, -0.25) is 0 Å². The topological polar surface area (TPSA) is 49.1 Å². The lowest BCUT2D eigenvalue weighted by Gasteiger charge is -2.33. The van der Waals surface area contributed by atoms with Crippen LogP contribution >= 0.6 is 0 Å². The van der Waals surface area contributed by atoms with Crippen LogP contribution in [0, 0.1) is 0 Å². The molecule has 0 spiro atoms. The standard InChI is InChI=1S/C13H21NOS/c1-4-8-12(13(2,3)16(14)15)11-9-6-5-7-10-11/h5-7,9-10,12H,4,8,14H2,1-3H3. The first-order valence-electron chi connectivity index (χ1n) is 5.71. The second-order valence-corrected chi connectivity index (χ2v) is 6.30. The first-order chi connectivity index (χ1) is 7.50. The average Bonchev–Trinajstić information content (AvgIpc) is 2.26. The summed E-state index contributed by atoms with van der Waals surface area (Å²) in [5.74, 6) is 0.254. The van der Waals surface area contributed by atoms with E-state index in [0.717, 1.165) is 12.8 Å². The first kappa shape index (κ1) is 13.6. The van der Waals surface area contributed by atoms with Gasteiger partial charge < -0.3 is 4.55 Å². The van der Waals surface area contributed by atoms with Crippen molar-refractivity contribution in [1.29, 1.82) is 0 Å². The lowest BCUT2D eigenvalue weighted by molar-refractivity contribution is 0.459. The second kappa shape index (κ2) is 5.71. The molecule has 1 aromatic rings. The van der Waals surface area contributed by atoms with Crippen LogP contribution < -0.4 is 5.14 Å². The highest BCUT2D eigenvalue weighted by Gasteiger charge is 2.39. The van der Waals surface area contributed by atoms with Crippen LogP contribution in [0.4, 0.5) is 0 Å². The Labute approximate surface area is 102 Å². The highest BCUT2D eigenvalue weighted by atomic mass is 32.2. The van der Waals surface area contributed by atoms with Crippen molar-refractivity contribution in [3.63, 3.8) is 0 Å². The van der Waals surface area contributed by atoms with Crippen molar-refractivity contribution in [3.05, 3.63) is 35.9 Å². The molecule has 16 heavy (non-hydrogen) atoms. The molecule has 0 fully saturated rings. The Balaban J connectivity index is 3.00. The molecule has 1 aromatic carbocycles. The Morgan fingerprint density at radius 1 is 1.31 bits per heavy atom. The SMILES string of the molecule is CCCC(c1ccccc1)C(C)(C)[S+](N)[O-]. The van der Waals surface area contributed by atoms with E-state index in [2.05, 4.69) is 19.1 Å². The van der Waals surface area contributed by atoms with Crippen LogP contribution in [0.25, 0.3) is 0 Å². The Kier molecular flexibility index (Phi) is 4.84. The Hall–Kier alpha value is -0.510. The van der Waals surface area contributed by atoms with E-state index < -0.39 is 11.4 Å². The number of nitrogens with two attached hydrogens (primary N) is 1. The van der Waals surface area contributed by atoms with Crippen LogP contribution in [-0.2, 0) is 11.4 Å². The van der Waals surface area contributed by atoms with Gasteiger partial charge in [-0.1, -0.05) is 43.7 Å². The van der Waals surface area contributed by atoms with E-state index in [1.54, 1.807) is 0 Å². The lowest BCUT2D eigenvalue weighted by Crippen LogP contribution is -2.43. The third-order valence-electron chi connectivity index (χ3n) is 3.14. The molecular formula is C13H21NOS. The molecule has 2 N–H and O–H groups in total. The third-order valence-corrected chi connectivity index (χ3v) is 4.46. The molecule has 0 saturated heterocycles. The average molecular weight is 239 g/mol. The highest BCUT2D eigenvalue weighted by molar-refractivity contribution is 7.90. The van der Waals surface area contributed by atoms with E-state index in [1.807, 2.05) is 32.0 Å². The molecule has 0 aliphatic rings. The predicted molar refractivity (Wildman–Crippen MR) is 70.5 cm³/mol. The van der Waals surface area contributed by atoms with Crippen LogP contribution in [0.5, 0.6) is 0 Å². The van der Waals surface area contributed by atoms with Crippen molar-refractivity contribution in [2.45, 2.75) is 44.3 Å². The summed E-state index contributed by atoms with van der Waals surface area (Å²) in [5.41, 5.74) is 1.23. The van der Waals surface area contributed by atoms with Gasteiger partial charge in [0.15, 0.2) is 0 Å². The minimum absolute atomic E-state index is 0.254. The zero-order valence-corrected chi connectivity index (χ0v) is 11.1. The van der Waals surface area contributed by atoms with E-state index in [1.165, 1.54) is 5.56 Å². The summed E-state index contributed by atoms with van der Waals surface area (Å²) in [7, 11) is 0. The molecule has 90 valence electrons. The third kappa shape index (κ3) is 3.00. The summed E-state index contributed by atoms with van der Waals surface area (Å²) < 4.78 is 11.3. The van der Waals surface area contributed by atoms with Crippen LogP contribution in [0.3, 0.4) is 0 Å². The number of hydrogen-bond acceptors (Lipinski definition) is 2. The molecule has 1 rings (SSSR count). The maximum absolute atomic E-state index is 11.6. The molecule has 0 radical (unpaired) electrons. The van der Waals surface area contributed by atoms with Gasteiger partial charge in [0.1, 0.15) is 4.75 Å². The van der Waals surface area contributed by atoms with Gasteiger partial charge >= 0.3 is 0 Å². The Morgan fingerprint density at radius 2 is 1.88 bits per heavy atom. The molecule has 0 bridgehead atoms. The normalized spacial score (nSPS) is 15.8. The van der Waals surface area contributed by atoms with E-state index in [9.17, 15) is 4.55 Å². The van der Waals surface area contributed by atoms with Crippen molar-refractivity contribution < 1.29 is 4.55 Å². The monoisotopic (exact) mass is 239 g/mol. The molecule has 0 saturated carbocycles. The van der Waals surface area contributed by atoms with E-state index in [4.69, 9.17) is 5.14 Å². The quantitative estimate of drug-likeness (QED) is 0.803. The van der Waals surface area contributed by atoms with Gasteiger partial charge in [0.05, 0.1) is 0 Å². The van der Waals surface area contributed by atoms with E-state index in [-0.39, 0.29) is 10.7 Å². The fourth-order valence-corrected chi connectivity index (χ4v) is 2.56. The van der Waals surface area contributed by atoms with Gasteiger partial charge in [-0.25, -0.2) is 0 Å². The van der Waals surface area contributed by atoms with Gasteiger partial charge in [0.25, 0.3) is 0 Å². The number of hydrogen-bond donors (Lipinski definition) is 1. The Bertz CT molecular complexity index is 311. The van der Waals surface area contributed by atoms with E-state index in [0.29, 0.717) is 0 Å². The maximum atomic E-state index is 11.6. The maximum Gasteiger partial charge on any atom is 0.146 e. The summed E-state index contributed by atoms with van der Waals surface area (Å²) in [4.78, 5) is 0. The smallest absolute Gasteiger partial charge is 0.146 e. The molecule has 0 amide bonds. The fraction of sp³-hybridized carbons (Fsp3) is 0.538. The lowest BCUT2D eigenvalue weighted by atomic mass is 9.84. The number of benzene rings is 1. The van der Waals surface area contributed by atoms with Gasteiger partial charge in [-0.15, -0.1) is 0 Å². The second-order valence-electron chi connectivity index (χ2n) is 4.65. The van der Waals surface area contributed by atoms with Crippen molar-refractivity contribution in [3.8, 4) is 0 Å². The van der Waals surface area contributed by atoms with Gasteiger partial charge in [0.2, 0.25) is 0 Å². The van der Waals surface area contributed by atoms with Crippen molar-refractivity contribution >= 4 is 11.4 Å². The summed E-state index contributed by atoms with van der Waals surface area (Å²) in [6.45, 7) is 6.11. The summed E-state index contributed by atoms with van der Waals surface area (Å²) in [5, 5.41) is 5.61. The van der Waals surface area contributed by atoms with Gasteiger partial charge in [0, 0.05) is 17.3 Å². The Morgan fingerprint density at radius 3 is 2.31 bits per heavy atom. The van der Waals surface area contributed by atoms with Crippen LogP contribution in [0.15, 0.2) is 30.3 Å². The van der Waals surface area contributed by atoms with E-state index >= 15 is 0 Å². The summed E-state index contributed by atoms with van der Waals surface area (Å²) >= 11 is -1.31. The highest BCUT2D eigenvalue weighted by Crippen LogP contribution is 2.36. The van der Waals surface area contributed by atoms with Crippen LogP contribution in [0.2, 0.25) is 0 Å². The minimum atomic E-state index is -1.31. The first-order valence-corrected chi connectivity index (χ1v) is 6.92. The van der Waals surface area contributed by atoms with Crippen molar-refractivity contribution in [2.24, 2.45) is 5.14 Å². The van der Waals surface area contributed by atoms with Crippen molar-refractivity contribution in [1.82, 2.24) is 0 Å². The zero-order valence-electron chi connectivity index (χ0n) is 10.3. The minimum Gasteiger partial charge on any atom is -0.598 e. The molecule has 2 atom stereocenters. The molecular weight excluding hydrogens is 218 g/mol. The van der Waals surface area contributed by atoms with Crippen LogP contribution in [-0.4, -0.2) is 9.30 Å². The zero-order chi connectivity index (χ0) is 12.2. The molecule has 0 aromatic heterocycles. The molecule has 2 nitrogen and oxygen atoms in total. The molecule has 3 heteroatoms. The van der Waals surface area contributed by atoms with Crippen molar-refractivity contribution in [2.75, 3.05) is 0 Å². The summed E-state index contributed by atoms with van der Waals surface area (Å²) in [6.07, 6.45) is 2.08. The fourth-order valence-electron chi connectivity index (χ4n) is 2.03. The molecule has 0 heterocycles. The predicted octanol–water partition coefficient (Wildman–Crippen LogP) is 2.97. The van der Waals surface area contributed by atoms with Gasteiger partial charge in [-0.2, -0.15) is 5.14 Å². The number of rotatable bonds is 5. The molecule has 2 unspecified atom stereocenters. The largest absolute Gasteiger partial charge is 0.598 e. The van der Waals surface area contributed by atoms with Gasteiger partial charge in [-0.05, 0) is 25.8 Å². The molecule has 0 aliphatic carbocycles. The molecule has 0 aliphatic heterocycles. The van der Waals surface area contributed by atoms with Crippen LogP contribution in [0.1, 0.15) is 45.1 Å².